The highest BCUT2D eigenvalue weighted by Gasteiger charge is 2.10. The molecular formula is C9H11N3. The molecule has 0 radical (unpaired) electrons. The van der Waals surface area contributed by atoms with Crippen LogP contribution in [0, 0.1) is 0 Å². The van der Waals surface area contributed by atoms with Crippen molar-refractivity contribution in [3.05, 3.63) is 42.6 Å². The molecule has 1 aromatic heterocycles. The van der Waals surface area contributed by atoms with Crippen molar-refractivity contribution in [3.63, 3.8) is 0 Å². The molecule has 0 saturated carbocycles. The molecule has 0 bridgehead atoms. The van der Waals surface area contributed by atoms with E-state index in [1.54, 1.807) is 0 Å². The van der Waals surface area contributed by atoms with E-state index in [1.807, 2.05) is 42.4 Å². The van der Waals surface area contributed by atoms with Gasteiger partial charge in [-0.3, -0.25) is 0 Å². The highest BCUT2D eigenvalue weighted by molar-refractivity contribution is 5.17. The topological polar surface area (TPSA) is 29.9 Å². The molecule has 1 N–H and O–H groups in total. The number of hydrogen-bond acceptors (Lipinski definition) is 2. The molecule has 2 rings (SSSR count). The smallest absolute Gasteiger partial charge is 0.135 e. The van der Waals surface area contributed by atoms with Crippen LogP contribution < -0.4 is 5.32 Å². The summed E-state index contributed by atoms with van der Waals surface area (Å²) >= 11 is 0. The highest BCUT2D eigenvalue weighted by atomic mass is 15.1. The number of rotatable bonds is 1. The van der Waals surface area contributed by atoms with E-state index < -0.39 is 0 Å². The van der Waals surface area contributed by atoms with Gasteiger partial charge in [0.1, 0.15) is 11.9 Å². The minimum atomic E-state index is 0.218. The van der Waals surface area contributed by atoms with Gasteiger partial charge >= 0.3 is 0 Å². The number of aryl methyl sites for hydroxylation is 1. The quantitative estimate of drug-likeness (QED) is 0.669. The normalized spacial score (nSPS) is 20.9. The van der Waals surface area contributed by atoms with Gasteiger partial charge in [-0.05, 0) is 12.3 Å². The Labute approximate surface area is 71.4 Å². The Morgan fingerprint density at radius 3 is 3.00 bits per heavy atom. The van der Waals surface area contributed by atoms with Crippen LogP contribution in [-0.2, 0) is 7.05 Å². The predicted molar refractivity (Wildman–Crippen MR) is 47.4 cm³/mol. The molecule has 0 amide bonds. The molecule has 1 unspecified atom stereocenters. The lowest BCUT2D eigenvalue weighted by molar-refractivity contribution is 0.653. The fourth-order valence-electron chi connectivity index (χ4n) is 1.28. The van der Waals surface area contributed by atoms with E-state index in [4.69, 9.17) is 0 Å². The number of hydrogen-bond donors (Lipinski definition) is 1. The summed E-state index contributed by atoms with van der Waals surface area (Å²) in [5.74, 6) is 1.04. The van der Waals surface area contributed by atoms with Crippen molar-refractivity contribution in [2.24, 2.45) is 7.05 Å². The highest BCUT2D eigenvalue weighted by Crippen LogP contribution is 2.13. The molecule has 12 heavy (non-hydrogen) atoms. The molecule has 0 spiro atoms. The zero-order chi connectivity index (χ0) is 8.39. The monoisotopic (exact) mass is 161 g/mol. The van der Waals surface area contributed by atoms with E-state index in [0.717, 1.165) is 5.82 Å². The van der Waals surface area contributed by atoms with E-state index in [-0.39, 0.29) is 6.04 Å². The van der Waals surface area contributed by atoms with E-state index in [2.05, 4.69) is 16.4 Å². The molecule has 0 aromatic carbocycles. The van der Waals surface area contributed by atoms with Crippen LogP contribution in [0.4, 0.5) is 0 Å². The largest absolute Gasteiger partial charge is 0.378 e. The van der Waals surface area contributed by atoms with Crippen LogP contribution in [-0.4, -0.2) is 9.55 Å². The first-order valence-electron chi connectivity index (χ1n) is 3.94. The summed E-state index contributed by atoms with van der Waals surface area (Å²) in [5.41, 5.74) is 0. The van der Waals surface area contributed by atoms with Crippen LogP contribution in [0.1, 0.15) is 11.9 Å². The fourth-order valence-corrected chi connectivity index (χ4v) is 1.28. The van der Waals surface area contributed by atoms with Crippen molar-refractivity contribution in [3.8, 4) is 0 Å². The van der Waals surface area contributed by atoms with Gasteiger partial charge in [0.15, 0.2) is 0 Å². The lowest BCUT2D eigenvalue weighted by Crippen LogP contribution is -2.18. The Morgan fingerprint density at radius 1 is 1.50 bits per heavy atom. The number of nitrogens with one attached hydrogen (secondary N) is 1. The SMILES string of the molecule is Cn1ccnc1C1C=CC=CN1. The van der Waals surface area contributed by atoms with E-state index in [1.165, 1.54) is 0 Å². The van der Waals surface area contributed by atoms with Gasteiger partial charge < -0.3 is 9.88 Å². The van der Waals surface area contributed by atoms with Gasteiger partial charge in [0.2, 0.25) is 0 Å². The molecule has 1 atom stereocenters. The predicted octanol–water partition coefficient (Wildman–Crippen LogP) is 1.13. The van der Waals surface area contributed by atoms with Crippen molar-refractivity contribution >= 4 is 0 Å². The van der Waals surface area contributed by atoms with E-state index in [0.29, 0.717) is 0 Å². The Bertz CT molecular complexity index is 322. The summed E-state index contributed by atoms with van der Waals surface area (Å²) in [6.45, 7) is 0. The standard InChI is InChI=1S/C9H11N3/c1-12-7-6-11-9(12)8-4-2-3-5-10-8/h2-8,10H,1H3. The summed E-state index contributed by atoms with van der Waals surface area (Å²) in [4.78, 5) is 4.25. The van der Waals surface area contributed by atoms with Gasteiger partial charge in [-0.15, -0.1) is 0 Å². The second-order valence-corrected chi connectivity index (χ2v) is 2.78. The number of imidazole rings is 1. The summed E-state index contributed by atoms with van der Waals surface area (Å²) in [6, 6.07) is 0.218. The maximum absolute atomic E-state index is 4.25. The van der Waals surface area contributed by atoms with E-state index in [9.17, 15) is 0 Å². The van der Waals surface area contributed by atoms with Crippen molar-refractivity contribution in [1.29, 1.82) is 0 Å². The molecule has 1 aromatic rings. The Morgan fingerprint density at radius 2 is 2.42 bits per heavy atom. The van der Waals surface area contributed by atoms with Crippen LogP contribution in [0.25, 0.3) is 0 Å². The number of dihydropyridines is 1. The molecule has 1 aliphatic rings. The summed E-state index contributed by atoms with van der Waals surface area (Å²) in [7, 11) is 2.00. The molecule has 3 nitrogen and oxygen atoms in total. The fraction of sp³-hybridized carbons (Fsp3) is 0.222. The van der Waals surface area contributed by atoms with Gasteiger partial charge in [0.25, 0.3) is 0 Å². The third-order valence-electron chi connectivity index (χ3n) is 1.92. The number of nitrogens with zero attached hydrogens (tertiary/aromatic N) is 2. The first-order valence-corrected chi connectivity index (χ1v) is 3.94. The Balaban J connectivity index is 2.26. The first kappa shape index (κ1) is 7.16. The molecule has 1 aliphatic heterocycles. The van der Waals surface area contributed by atoms with Crippen LogP contribution in [0.5, 0.6) is 0 Å². The minimum Gasteiger partial charge on any atom is -0.378 e. The van der Waals surface area contributed by atoms with Crippen molar-refractivity contribution in [1.82, 2.24) is 14.9 Å². The molecule has 0 saturated heterocycles. The van der Waals surface area contributed by atoms with E-state index >= 15 is 0 Å². The van der Waals surface area contributed by atoms with Gasteiger partial charge in [-0.25, -0.2) is 4.98 Å². The number of aromatic nitrogens is 2. The minimum absolute atomic E-state index is 0.218. The van der Waals surface area contributed by atoms with Crippen molar-refractivity contribution < 1.29 is 0 Å². The van der Waals surface area contributed by atoms with Crippen LogP contribution in [0.2, 0.25) is 0 Å². The average Bonchev–Trinajstić information content (AvgIpc) is 2.53. The summed E-state index contributed by atoms with van der Waals surface area (Å²) in [6.07, 6.45) is 11.8. The molecule has 2 heterocycles. The van der Waals surface area contributed by atoms with Gasteiger partial charge in [0.05, 0.1) is 0 Å². The maximum atomic E-state index is 4.25. The third-order valence-corrected chi connectivity index (χ3v) is 1.92. The lowest BCUT2D eigenvalue weighted by atomic mass is 10.2. The lowest BCUT2D eigenvalue weighted by Gasteiger charge is -2.14. The summed E-state index contributed by atoms with van der Waals surface area (Å²) < 4.78 is 2.02. The maximum Gasteiger partial charge on any atom is 0.135 e. The van der Waals surface area contributed by atoms with Gasteiger partial charge in [-0.1, -0.05) is 12.2 Å². The molecule has 62 valence electrons. The second kappa shape index (κ2) is 2.85. The molecular weight excluding hydrogens is 150 g/mol. The molecule has 3 heteroatoms. The Hall–Kier alpha value is -1.51. The Kier molecular flexibility index (Phi) is 1.70. The van der Waals surface area contributed by atoms with Crippen molar-refractivity contribution in [2.75, 3.05) is 0 Å². The molecule has 0 fully saturated rings. The third kappa shape index (κ3) is 1.13. The summed E-state index contributed by atoms with van der Waals surface area (Å²) in [5, 5.41) is 3.21. The van der Waals surface area contributed by atoms with Gasteiger partial charge in [-0.2, -0.15) is 0 Å². The average molecular weight is 161 g/mol. The number of allylic oxidation sites excluding steroid dienone is 2. The molecule has 0 aliphatic carbocycles. The second-order valence-electron chi connectivity index (χ2n) is 2.78. The zero-order valence-corrected chi connectivity index (χ0v) is 6.94. The zero-order valence-electron chi connectivity index (χ0n) is 6.94. The first-order chi connectivity index (χ1) is 5.88. The van der Waals surface area contributed by atoms with Crippen molar-refractivity contribution in [2.45, 2.75) is 6.04 Å². The van der Waals surface area contributed by atoms with Gasteiger partial charge in [0, 0.05) is 19.4 Å². The van der Waals surface area contributed by atoms with Crippen LogP contribution in [0.15, 0.2) is 36.8 Å². The van der Waals surface area contributed by atoms with Crippen LogP contribution in [0.3, 0.4) is 0 Å². The van der Waals surface area contributed by atoms with Crippen LogP contribution >= 0.6 is 0 Å².